The monoisotopic (exact) mass is 219 g/mol. The summed E-state index contributed by atoms with van der Waals surface area (Å²) in [5.74, 6) is 1.04. The highest BCUT2D eigenvalue weighted by Gasteiger charge is 2.21. The van der Waals surface area contributed by atoms with Crippen molar-refractivity contribution in [3.8, 4) is 5.75 Å². The van der Waals surface area contributed by atoms with Crippen molar-refractivity contribution in [2.45, 2.75) is 45.2 Å². The molecule has 2 unspecified atom stereocenters. The third kappa shape index (κ3) is 2.56. The summed E-state index contributed by atoms with van der Waals surface area (Å²) >= 11 is 0. The maximum Gasteiger partial charge on any atom is 0.124 e. The predicted octanol–water partition coefficient (Wildman–Crippen LogP) is 3.29. The Hall–Kier alpha value is -1.02. The molecule has 2 atom stereocenters. The first kappa shape index (κ1) is 11.5. The van der Waals surface area contributed by atoms with Crippen LogP contribution in [0.15, 0.2) is 24.3 Å². The molecule has 88 valence electrons. The summed E-state index contributed by atoms with van der Waals surface area (Å²) in [6, 6.07) is 9.47. The lowest BCUT2D eigenvalue weighted by atomic mass is 9.93. The van der Waals surface area contributed by atoms with Gasteiger partial charge in [0.1, 0.15) is 5.75 Å². The van der Waals surface area contributed by atoms with Crippen LogP contribution in [0, 0.1) is 0 Å². The minimum atomic E-state index is 0.464. The lowest BCUT2D eigenvalue weighted by Gasteiger charge is -2.30. The summed E-state index contributed by atoms with van der Waals surface area (Å²) in [5, 5.41) is 3.65. The number of ether oxygens (including phenoxy) is 1. The molecule has 1 heterocycles. The molecule has 0 aromatic heterocycles. The smallest absolute Gasteiger partial charge is 0.124 e. The van der Waals surface area contributed by atoms with E-state index in [1.54, 1.807) is 0 Å². The van der Waals surface area contributed by atoms with Gasteiger partial charge in [0, 0.05) is 17.6 Å². The largest absolute Gasteiger partial charge is 0.494 e. The van der Waals surface area contributed by atoms with Crippen molar-refractivity contribution in [3.63, 3.8) is 0 Å². The molecule has 0 amide bonds. The van der Waals surface area contributed by atoms with Crippen molar-refractivity contribution in [3.05, 3.63) is 29.8 Å². The highest BCUT2D eigenvalue weighted by molar-refractivity contribution is 5.36. The highest BCUT2D eigenvalue weighted by Crippen LogP contribution is 2.31. The molecule has 2 heteroatoms. The van der Waals surface area contributed by atoms with E-state index in [-0.39, 0.29) is 0 Å². The van der Waals surface area contributed by atoms with Gasteiger partial charge in [0.05, 0.1) is 6.61 Å². The quantitative estimate of drug-likeness (QED) is 0.842. The van der Waals surface area contributed by atoms with Gasteiger partial charge in [-0.1, -0.05) is 24.6 Å². The van der Waals surface area contributed by atoms with Gasteiger partial charge >= 0.3 is 0 Å². The molecule has 16 heavy (non-hydrogen) atoms. The van der Waals surface area contributed by atoms with E-state index in [2.05, 4.69) is 30.4 Å². The van der Waals surface area contributed by atoms with E-state index in [9.17, 15) is 0 Å². The summed E-state index contributed by atoms with van der Waals surface area (Å²) in [7, 11) is 0. The predicted molar refractivity (Wildman–Crippen MR) is 66.8 cm³/mol. The first-order valence-corrected chi connectivity index (χ1v) is 6.29. The number of hydrogen-bond donors (Lipinski definition) is 1. The molecule has 0 saturated carbocycles. The van der Waals surface area contributed by atoms with Crippen LogP contribution in [0.2, 0.25) is 0 Å². The minimum absolute atomic E-state index is 0.464. The number of hydrogen-bond acceptors (Lipinski definition) is 2. The second-order valence-corrected chi connectivity index (χ2v) is 4.52. The second kappa shape index (κ2) is 5.35. The maximum absolute atomic E-state index is 5.69. The van der Waals surface area contributed by atoms with E-state index >= 15 is 0 Å². The number of nitrogens with one attached hydrogen (secondary N) is 1. The molecule has 0 aliphatic carbocycles. The highest BCUT2D eigenvalue weighted by atomic mass is 16.5. The zero-order chi connectivity index (χ0) is 11.4. The molecular formula is C14H21NO. The fraction of sp³-hybridized carbons (Fsp3) is 0.571. The average Bonchev–Trinajstić information content (AvgIpc) is 2.30. The molecule has 1 aliphatic heterocycles. The van der Waals surface area contributed by atoms with Crippen molar-refractivity contribution in [2.75, 3.05) is 6.61 Å². The summed E-state index contributed by atoms with van der Waals surface area (Å²) in [6.07, 6.45) is 3.81. The fourth-order valence-corrected chi connectivity index (χ4v) is 2.44. The standard InChI is InChI=1S/C14H21NO/c1-3-16-14-10-5-4-8-12(14)13-9-6-7-11(2)15-13/h4-5,8,10-11,13,15H,3,6-7,9H2,1-2H3. The van der Waals surface area contributed by atoms with Gasteiger partial charge in [0.15, 0.2) is 0 Å². The van der Waals surface area contributed by atoms with Gasteiger partial charge in [-0.3, -0.25) is 0 Å². The van der Waals surface area contributed by atoms with E-state index in [1.165, 1.54) is 24.8 Å². The van der Waals surface area contributed by atoms with Crippen LogP contribution in [0.25, 0.3) is 0 Å². The van der Waals surface area contributed by atoms with Gasteiger partial charge in [-0.05, 0) is 32.8 Å². The Bertz CT molecular complexity index is 337. The van der Waals surface area contributed by atoms with Gasteiger partial charge in [-0.25, -0.2) is 0 Å². The Morgan fingerprint density at radius 2 is 2.12 bits per heavy atom. The van der Waals surface area contributed by atoms with Crippen LogP contribution in [0.1, 0.15) is 44.7 Å². The summed E-state index contributed by atoms with van der Waals surface area (Å²) in [4.78, 5) is 0. The number of rotatable bonds is 3. The average molecular weight is 219 g/mol. The lowest BCUT2D eigenvalue weighted by molar-refractivity contribution is 0.308. The number of benzene rings is 1. The van der Waals surface area contributed by atoms with Crippen molar-refractivity contribution in [2.24, 2.45) is 0 Å². The van der Waals surface area contributed by atoms with E-state index in [1.807, 2.05) is 13.0 Å². The second-order valence-electron chi connectivity index (χ2n) is 4.52. The van der Waals surface area contributed by atoms with Crippen molar-refractivity contribution in [1.29, 1.82) is 0 Å². The van der Waals surface area contributed by atoms with Crippen LogP contribution < -0.4 is 10.1 Å². The molecule has 1 aromatic carbocycles. The van der Waals surface area contributed by atoms with Crippen LogP contribution in [0.3, 0.4) is 0 Å². The molecule has 0 bridgehead atoms. The first-order chi connectivity index (χ1) is 7.81. The van der Waals surface area contributed by atoms with Crippen LogP contribution in [0.4, 0.5) is 0 Å². The van der Waals surface area contributed by atoms with E-state index in [0.29, 0.717) is 12.1 Å². The third-order valence-corrected chi connectivity index (χ3v) is 3.21. The Kier molecular flexibility index (Phi) is 3.83. The third-order valence-electron chi connectivity index (χ3n) is 3.21. The molecule has 1 aromatic rings. The van der Waals surface area contributed by atoms with E-state index in [4.69, 9.17) is 4.74 Å². The Labute approximate surface area is 98.0 Å². The molecule has 1 N–H and O–H groups in total. The SMILES string of the molecule is CCOc1ccccc1C1CCCC(C)N1. The van der Waals surface area contributed by atoms with E-state index in [0.717, 1.165) is 12.4 Å². The zero-order valence-corrected chi connectivity index (χ0v) is 10.2. The summed E-state index contributed by atoms with van der Waals surface area (Å²) in [6.45, 7) is 5.03. The lowest BCUT2D eigenvalue weighted by Crippen LogP contribution is -2.34. The van der Waals surface area contributed by atoms with Crippen LogP contribution in [-0.2, 0) is 0 Å². The number of para-hydroxylation sites is 1. The minimum Gasteiger partial charge on any atom is -0.494 e. The van der Waals surface area contributed by atoms with Gasteiger partial charge in [0.2, 0.25) is 0 Å². The van der Waals surface area contributed by atoms with E-state index < -0.39 is 0 Å². The van der Waals surface area contributed by atoms with Gasteiger partial charge in [-0.15, -0.1) is 0 Å². The molecule has 2 nitrogen and oxygen atoms in total. The molecule has 0 spiro atoms. The van der Waals surface area contributed by atoms with Crippen molar-refractivity contribution in [1.82, 2.24) is 5.32 Å². The topological polar surface area (TPSA) is 21.3 Å². The van der Waals surface area contributed by atoms with Crippen molar-refractivity contribution < 1.29 is 4.74 Å². The normalized spacial score (nSPS) is 25.4. The van der Waals surface area contributed by atoms with Gasteiger partial charge in [-0.2, -0.15) is 0 Å². The van der Waals surface area contributed by atoms with Crippen LogP contribution >= 0.6 is 0 Å². The summed E-state index contributed by atoms with van der Waals surface area (Å²) in [5.41, 5.74) is 1.32. The maximum atomic E-state index is 5.69. The van der Waals surface area contributed by atoms with Gasteiger partial charge < -0.3 is 10.1 Å². The zero-order valence-electron chi connectivity index (χ0n) is 10.2. The molecule has 2 rings (SSSR count). The van der Waals surface area contributed by atoms with Crippen molar-refractivity contribution >= 4 is 0 Å². The molecule has 1 fully saturated rings. The van der Waals surface area contributed by atoms with Crippen LogP contribution in [0.5, 0.6) is 5.75 Å². The Morgan fingerprint density at radius 3 is 2.88 bits per heavy atom. The molecular weight excluding hydrogens is 198 g/mol. The molecule has 1 aliphatic rings. The Morgan fingerprint density at radius 1 is 1.31 bits per heavy atom. The van der Waals surface area contributed by atoms with Gasteiger partial charge in [0.25, 0.3) is 0 Å². The number of piperidine rings is 1. The summed E-state index contributed by atoms with van der Waals surface area (Å²) < 4.78 is 5.69. The Balaban J connectivity index is 2.17. The van der Waals surface area contributed by atoms with Crippen LogP contribution in [-0.4, -0.2) is 12.6 Å². The molecule has 0 radical (unpaired) electrons. The molecule has 1 saturated heterocycles. The first-order valence-electron chi connectivity index (χ1n) is 6.29. The fourth-order valence-electron chi connectivity index (χ4n) is 2.44.